The molecule has 0 saturated carbocycles. The Bertz CT molecular complexity index is 649. The smallest absolute Gasteiger partial charge is 0.309 e. The van der Waals surface area contributed by atoms with Gasteiger partial charge in [0.1, 0.15) is 6.07 Å². The summed E-state index contributed by atoms with van der Waals surface area (Å²) in [5, 5.41) is 11.9. The summed E-state index contributed by atoms with van der Waals surface area (Å²) in [6.07, 6.45) is 6.21. The molecule has 0 bridgehead atoms. The number of amides is 1. The molecule has 0 aromatic heterocycles. The van der Waals surface area contributed by atoms with Gasteiger partial charge < -0.3 is 10.1 Å². The van der Waals surface area contributed by atoms with Crippen molar-refractivity contribution < 1.29 is 14.3 Å². The Hall–Kier alpha value is -2.32. The average Bonchev–Trinajstić information content (AvgIpc) is 2.53. The largest absolute Gasteiger partial charge is 0.455 e. The van der Waals surface area contributed by atoms with Crippen molar-refractivity contribution in [1.82, 2.24) is 0 Å². The van der Waals surface area contributed by atoms with Crippen LogP contribution >= 0.6 is 11.6 Å². The number of anilines is 1. The van der Waals surface area contributed by atoms with E-state index in [1.54, 1.807) is 6.07 Å². The van der Waals surface area contributed by atoms with Gasteiger partial charge in [-0.25, -0.2) is 0 Å². The minimum atomic E-state index is -0.501. The molecule has 1 aliphatic carbocycles. The number of benzene rings is 1. The van der Waals surface area contributed by atoms with Crippen LogP contribution in [0.2, 0.25) is 5.02 Å². The van der Waals surface area contributed by atoms with Crippen LogP contribution in [0.3, 0.4) is 0 Å². The van der Waals surface area contributed by atoms with E-state index in [-0.39, 0.29) is 18.5 Å². The molecule has 0 heterocycles. The van der Waals surface area contributed by atoms with Gasteiger partial charge in [0, 0.05) is 5.02 Å². The van der Waals surface area contributed by atoms with Gasteiger partial charge in [0.2, 0.25) is 0 Å². The standard InChI is InChI=1S/C16H15ClN2O3/c17-13-7-6-12(9-18)14(8-13)19-15(20)10-22-16(21)11-4-2-1-3-5-11/h1-2,6-8,11H,3-5,10H2,(H,19,20)/t11-/m0/s1. The lowest BCUT2D eigenvalue weighted by Crippen LogP contribution is -2.25. The molecule has 0 aliphatic heterocycles. The molecule has 0 saturated heterocycles. The molecule has 22 heavy (non-hydrogen) atoms. The first-order chi connectivity index (χ1) is 10.6. The highest BCUT2D eigenvalue weighted by atomic mass is 35.5. The normalized spacial score (nSPS) is 16.6. The van der Waals surface area contributed by atoms with E-state index in [2.05, 4.69) is 5.32 Å². The number of carbonyl (C=O) groups is 2. The molecule has 5 nitrogen and oxygen atoms in total. The molecule has 1 atom stereocenters. The van der Waals surface area contributed by atoms with Gasteiger partial charge in [0.05, 0.1) is 17.2 Å². The predicted molar refractivity (Wildman–Crippen MR) is 82.2 cm³/mol. The molecule has 114 valence electrons. The predicted octanol–water partition coefficient (Wildman–Crippen LogP) is 3.05. The Balaban J connectivity index is 1.88. The lowest BCUT2D eigenvalue weighted by Gasteiger charge is -2.16. The second-order valence-electron chi connectivity index (χ2n) is 4.94. The number of nitrogens with one attached hydrogen (secondary N) is 1. The molecule has 0 radical (unpaired) electrons. The van der Waals surface area contributed by atoms with Gasteiger partial charge in [-0.05, 0) is 37.5 Å². The number of hydrogen-bond acceptors (Lipinski definition) is 4. The topological polar surface area (TPSA) is 79.2 Å². The molecular formula is C16H15ClN2O3. The number of rotatable bonds is 4. The van der Waals surface area contributed by atoms with Crippen molar-refractivity contribution in [2.45, 2.75) is 19.3 Å². The van der Waals surface area contributed by atoms with Crippen molar-refractivity contribution in [3.8, 4) is 6.07 Å². The third kappa shape index (κ3) is 4.34. The summed E-state index contributed by atoms with van der Waals surface area (Å²) in [5.41, 5.74) is 0.596. The number of hydrogen-bond donors (Lipinski definition) is 1. The van der Waals surface area contributed by atoms with Crippen LogP contribution in [0, 0.1) is 17.2 Å². The fourth-order valence-corrected chi connectivity index (χ4v) is 2.34. The zero-order valence-corrected chi connectivity index (χ0v) is 12.6. The molecule has 0 fully saturated rings. The van der Waals surface area contributed by atoms with E-state index in [1.165, 1.54) is 12.1 Å². The molecule has 6 heteroatoms. The average molecular weight is 319 g/mol. The van der Waals surface area contributed by atoms with Crippen LogP contribution < -0.4 is 5.32 Å². The van der Waals surface area contributed by atoms with Crippen LogP contribution in [0.4, 0.5) is 5.69 Å². The van der Waals surface area contributed by atoms with Crippen molar-refractivity contribution in [2.75, 3.05) is 11.9 Å². The Morgan fingerprint density at radius 2 is 2.23 bits per heavy atom. The van der Waals surface area contributed by atoms with E-state index in [9.17, 15) is 9.59 Å². The fraction of sp³-hybridized carbons (Fsp3) is 0.312. The lowest BCUT2D eigenvalue weighted by atomic mass is 9.95. The number of esters is 1. The van der Waals surface area contributed by atoms with Crippen LogP contribution in [-0.2, 0) is 14.3 Å². The molecule has 0 unspecified atom stereocenters. The van der Waals surface area contributed by atoms with Crippen LogP contribution in [0.1, 0.15) is 24.8 Å². The van der Waals surface area contributed by atoms with Crippen LogP contribution in [0.5, 0.6) is 0 Å². The highest BCUT2D eigenvalue weighted by Crippen LogP contribution is 2.21. The maximum absolute atomic E-state index is 11.8. The monoisotopic (exact) mass is 318 g/mol. The van der Waals surface area contributed by atoms with Gasteiger partial charge in [0.25, 0.3) is 5.91 Å². The molecule has 0 spiro atoms. The van der Waals surface area contributed by atoms with E-state index in [1.807, 2.05) is 18.2 Å². The Labute approximate surface area is 133 Å². The minimum Gasteiger partial charge on any atom is -0.455 e. The molecule has 1 aliphatic rings. The third-order valence-electron chi connectivity index (χ3n) is 3.32. The maximum atomic E-state index is 11.8. The lowest BCUT2D eigenvalue weighted by molar-refractivity contribution is -0.151. The van der Waals surface area contributed by atoms with Crippen LogP contribution in [0.15, 0.2) is 30.4 Å². The summed E-state index contributed by atoms with van der Waals surface area (Å²) >= 11 is 5.83. The summed E-state index contributed by atoms with van der Waals surface area (Å²) in [7, 11) is 0. The van der Waals surface area contributed by atoms with Gasteiger partial charge in [-0.2, -0.15) is 5.26 Å². The van der Waals surface area contributed by atoms with Crippen molar-refractivity contribution in [1.29, 1.82) is 5.26 Å². The minimum absolute atomic E-state index is 0.182. The Morgan fingerprint density at radius 3 is 2.91 bits per heavy atom. The van der Waals surface area contributed by atoms with Crippen LogP contribution in [-0.4, -0.2) is 18.5 Å². The van der Waals surface area contributed by atoms with Crippen molar-refractivity contribution >= 4 is 29.2 Å². The molecule has 1 N–H and O–H groups in total. The fourth-order valence-electron chi connectivity index (χ4n) is 2.17. The summed E-state index contributed by atoms with van der Waals surface area (Å²) in [5.74, 6) is -1.05. The van der Waals surface area contributed by atoms with E-state index >= 15 is 0 Å². The number of carbonyl (C=O) groups excluding carboxylic acids is 2. The summed E-state index contributed by atoms with van der Waals surface area (Å²) in [6.45, 7) is -0.379. The molecule has 2 rings (SSSR count). The highest BCUT2D eigenvalue weighted by Gasteiger charge is 2.21. The van der Waals surface area contributed by atoms with Gasteiger partial charge >= 0.3 is 5.97 Å². The zero-order chi connectivity index (χ0) is 15.9. The Morgan fingerprint density at radius 1 is 1.41 bits per heavy atom. The quantitative estimate of drug-likeness (QED) is 0.683. The van der Waals surface area contributed by atoms with Crippen molar-refractivity contribution in [3.05, 3.63) is 40.9 Å². The Kier molecular flexibility index (Phi) is 5.56. The van der Waals surface area contributed by atoms with Gasteiger partial charge in [-0.3, -0.25) is 9.59 Å². The molecular weight excluding hydrogens is 304 g/mol. The van der Waals surface area contributed by atoms with Crippen molar-refractivity contribution in [3.63, 3.8) is 0 Å². The zero-order valence-electron chi connectivity index (χ0n) is 11.8. The summed E-state index contributed by atoms with van der Waals surface area (Å²) < 4.78 is 5.02. The van der Waals surface area contributed by atoms with E-state index < -0.39 is 5.91 Å². The van der Waals surface area contributed by atoms with Crippen LogP contribution in [0.25, 0.3) is 0 Å². The first kappa shape index (κ1) is 16.1. The number of allylic oxidation sites excluding steroid dienone is 2. The van der Waals surface area contributed by atoms with Gasteiger partial charge in [-0.15, -0.1) is 0 Å². The number of nitrogens with zero attached hydrogens (tertiary/aromatic N) is 1. The van der Waals surface area contributed by atoms with E-state index in [4.69, 9.17) is 21.6 Å². The number of ether oxygens (including phenoxy) is 1. The van der Waals surface area contributed by atoms with Gasteiger partial charge in [-0.1, -0.05) is 23.8 Å². The SMILES string of the molecule is N#Cc1ccc(Cl)cc1NC(=O)COC(=O)[C@H]1CC=CCC1. The second kappa shape index (κ2) is 7.62. The highest BCUT2D eigenvalue weighted by molar-refractivity contribution is 6.31. The first-order valence-corrected chi connectivity index (χ1v) is 7.29. The second-order valence-corrected chi connectivity index (χ2v) is 5.38. The molecule has 1 amide bonds. The molecule has 1 aromatic carbocycles. The van der Waals surface area contributed by atoms with Crippen molar-refractivity contribution in [2.24, 2.45) is 5.92 Å². The summed E-state index contributed by atoms with van der Waals surface area (Å²) in [4.78, 5) is 23.6. The third-order valence-corrected chi connectivity index (χ3v) is 3.56. The number of halogens is 1. The van der Waals surface area contributed by atoms with Gasteiger partial charge in [0.15, 0.2) is 6.61 Å². The molecule has 1 aromatic rings. The van der Waals surface area contributed by atoms with E-state index in [0.29, 0.717) is 22.7 Å². The first-order valence-electron chi connectivity index (χ1n) is 6.91. The number of nitriles is 1. The maximum Gasteiger partial charge on any atom is 0.309 e. The summed E-state index contributed by atoms with van der Waals surface area (Å²) in [6, 6.07) is 6.51. The van der Waals surface area contributed by atoms with E-state index in [0.717, 1.165) is 12.8 Å².